The van der Waals surface area contributed by atoms with E-state index in [0.29, 0.717) is 41.9 Å². The van der Waals surface area contributed by atoms with Gasteiger partial charge in [0.15, 0.2) is 0 Å². The SMILES string of the molecule is Cc1ncc(-c2nc(-c3ccsc3)no2)c(NCCc2ccc(S(N)(=O)=O)cc2)n1. The van der Waals surface area contributed by atoms with Crippen molar-refractivity contribution in [3.05, 3.63) is 58.7 Å². The molecule has 4 rings (SSSR count). The smallest absolute Gasteiger partial charge is 0.263 e. The fourth-order valence-electron chi connectivity index (χ4n) is 2.77. The number of sulfonamides is 1. The standard InChI is InChI=1S/C19H18N6O3S2/c1-12-22-10-16(19-24-17(25-28-19)14-7-9-29-11-14)18(23-12)21-8-6-13-2-4-15(5-3-13)30(20,26)27/h2-5,7,9-11H,6,8H2,1H3,(H2,20,26,27)(H,21,22,23). The van der Waals surface area contributed by atoms with Gasteiger partial charge in [-0.1, -0.05) is 17.3 Å². The van der Waals surface area contributed by atoms with E-state index in [1.807, 2.05) is 16.8 Å². The van der Waals surface area contributed by atoms with Gasteiger partial charge in [-0.3, -0.25) is 0 Å². The summed E-state index contributed by atoms with van der Waals surface area (Å²) >= 11 is 1.56. The second kappa shape index (κ2) is 8.30. The minimum atomic E-state index is -3.69. The number of aryl methyl sites for hydroxylation is 1. The predicted octanol–water partition coefficient (Wildman–Crippen LogP) is 2.87. The molecular weight excluding hydrogens is 424 g/mol. The molecule has 0 saturated heterocycles. The van der Waals surface area contributed by atoms with E-state index in [0.717, 1.165) is 11.1 Å². The van der Waals surface area contributed by atoms with Gasteiger partial charge in [0, 0.05) is 23.7 Å². The van der Waals surface area contributed by atoms with E-state index in [2.05, 4.69) is 25.4 Å². The first-order chi connectivity index (χ1) is 14.4. The van der Waals surface area contributed by atoms with Crippen molar-refractivity contribution in [2.45, 2.75) is 18.2 Å². The zero-order valence-electron chi connectivity index (χ0n) is 15.9. The Morgan fingerprint density at radius 1 is 1.17 bits per heavy atom. The van der Waals surface area contributed by atoms with Gasteiger partial charge < -0.3 is 9.84 Å². The maximum atomic E-state index is 11.4. The van der Waals surface area contributed by atoms with Crippen LogP contribution in [0.5, 0.6) is 0 Å². The molecule has 0 amide bonds. The number of benzene rings is 1. The van der Waals surface area contributed by atoms with E-state index in [-0.39, 0.29) is 4.90 Å². The summed E-state index contributed by atoms with van der Waals surface area (Å²) in [6.07, 6.45) is 2.30. The highest BCUT2D eigenvalue weighted by molar-refractivity contribution is 7.89. The summed E-state index contributed by atoms with van der Waals surface area (Å²) in [5.41, 5.74) is 2.46. The van der Waals surface area contributed by atoms with Gasteiger partial charge in [0.05, 0.1) is 4.90 Å². The summed E-state index contributed by atoms with van der Waals surface area (Å²) in [6.45, 7) is 2.36. The van der Waals surface area contributed by atoms with Crippen molar-refractivity contribution in [2.24, 2.45) is 5.14 Å². The van der Waals surface area contributed by atoms with E-state index in [4.69, 9.17) is 9.66 Å². The molecule has 0 aliphatic carbocycles. The number of hydrogen-bond acceptors (Lipinski definition) is 9. The van der Waals surface area contributed by atoms with Crippen LogP contribution in [0.2, 0.25) is 0 Å². The Bertz CT molecular complexity index is 1250. The Morgan fingerprint density at radius 3 is 2.67 bits per heavy atom. The molecular formula is C19H18N6O3S2. The third-order valence-corrected chi connectivity index (χ3v) is 5.92. The normalized spacial score (nSPS) is 11.5. The average Bonchev–Trinajstić information content (AvgIpc) is 3.40. The minimum Gasteiger partial charge on any atom is -0.369 e. The van der Waals surface area contributed by atoms with Crippen molar-refractivity contribution in [1.82, 2.24) is 20.1 Å². The van der Waals surface area contributed by atoms with E-state index < -0.39 is 10.0 Å². The quantitative estimate of drug-likeness (QED) is 0.446. The lowest BCUT2D eigenvalue weighted by Gasteiger charge is -2.09. The molecule has 9 nitrogen and oxygen atoms in total. The summed E-state index contributed by atoms with van der Waals surface area (Å²) in [7, 11) is -3.69. The summed E-state index contributed by atoms with van der Waals surface area (Å²) in [6, 6.07) is 8.38. The number of nitrogens with one attached hydrogen (secondary N) is 1. The first-order valence-corrected chi connectivity index (χ1v) is 11.4. The molecule has 0 fully saturated rings. The zero-order chi connectivity index (χ0) is 21.1. The molecule has 1 aromatic carbocycles. The number of aromatic nitrogens is 4. The highest BCUT2D eigenvalue weighted by atomic mass is 32.2. The molecule has 154 valence electrons. The molecule has 0 unspecified atom stereocenters. The molecule has 3 heterocycles. The number of anilines is 1. The molecule has 0 radical (unpaired) electrons. The zero-order valence-corrected chi connectivity index (χ0v) is 17.6. The summed E-state index contributed by atoms with van der Waals surface area (Å²) in [5.74, 6) is 2.03. The highest BCUT2D eigenvalue weighted by Crippen LogP contribution is 2.27. The van der Waals surface area contributed by atoms with Crippen molar-refractivity contribution < 1.29 is 12.9 Å². The molecule has 11 heteroatoms. The molecule has 0 atom stereocenters. The number of primary sulfonamides is 1. The lowest BCUT2D eigenvalue weighted by molar-refractivity contribution is 0.432. The third-order valence-electron chi connectivity index (χ3n) is 4.30. The van der Waals surface area contributed by atoms with Crippen LogP contribution in [0.25, 0.3) is 22.8 Å². The van der Waals surface area contributed by atoms with E-state index >= 15 is 0 Å². The van der Waals surface area contributed by atoms with Gasteiger partial charge in [-0.15, -0.1) is 0 Å². The van der Waals surface area contributed by atoms with Gasteiger partial charge in [-0.05, 0) is 42.5 Å². The largest absolute Gasteiger partial charge is 0.369 e. The molecule has 4 aromatic rings. The van der Waals surface area contributed by atoms with E-state index in [1.165, 1.54) is 12.1 Å². The molecule has 30 heavy (non-hydrogen) atoms. The van der Waals surface area contributed by atoms with Gasteiger partial charge in [0.25, 0.3) is 5.89 Å². The Kier molecular flexibility index (Phi) is 5.57. The highest BCUT2D eigenvalue weighted by Gasteiger charge is 2.16. The molecule has 0 spiro atoms. The van der Waals surface area contributed by atoms with Crippen LogP contribution in [0, 0.1) is 6.92 Å². The van der Waals surface area contributed by atoms with Crippen molar-refractivity contribution in [3.63, 3.8) is 0 Å². The van der Waals surface area contributed by atoms with Gasteiger partial charge >= 0.3 is 0 Å². The van der Waals surface area contributed by atoms with Gasteiger partial charge in [-0.2, -0.15) is 16.3 Å². The average molecular weight is 443 g/mol. The fourth-order valence-corrected chi connectivity index (χ4v) is 3.92. The number of nitrogens with zero attached hydrogens (tertiary/aromatic N) is 4. The lowest BCUT2D eigenvalue weighted by Crippen LogP contribution is -2.12. The van der Waals surface area contributed by atoms with Crippen LogP contribution in [0.15, 0.2) is 56.7 Å². The van der Waals surface area contributed by atoms with Crippen LogP contribution < -0.4 is 10.5 Å². The van der Waals surface area contributed by atoms with Crippen molar-refractivity contribution in [1.29, 1.82) is 0 Å². The molecule has 3 aromatic heterocycles. The molecule has 3 N–H and O–H groups in total. The Balaban J connectivity index is 1.49. The van der Waals surface area contributed by atoms with Crippen LogP contribution in [0.4, 0.5) is 5.82 Å². The van der Waals surface area contributed by atoms with Crippen LogP contribution >= 0.6 is 11.3 Å². The van der Waals surface area contributed by atoms with Crippen molar-refractivity contribution in [3.8, 4) is 22.8 Å². The summed E-state index contributed by atoms with van der Waals surface area (Å²) in [4.78, 5) is 13.2. The van der Waals surface area contributed by atoms with Crippen LogP contribution in [0.1, 0.15) is 11.4 Å². The summed E-state index contributed by atoms with van der Waals surface area (Å²) in [5, 5.41) is 16.3. The maximum Gasteiger partial charge on any atom is 0.263 e. The first-order valence-electron chi connectivity index (χ1n) is 8.96. The Hall–Kier alpha value is -3.15. The van der Waals surface area contributed by atoms with Crippen LogP contribution in [0.3, 0.4) is 0 Å². The fraction of sp³-hybridized carbons (Fsp3) is 0.158. The Labute approximate surface area is 177 Å². The van der Waals surface area contributed by atoms with E-state index in [1.54, 1.807) is 36.6 Å². The topological polar surface area (TPSA) is 137 Å². The van der Waals surface area contributed by atoms with E-state index in [9.17, 15) is 8.42 Å². The van der Waals surface area contributed by atoms with Gasteiger partial charge in [-0.25, -0.2) is 23.5 Å². The predicted molar refractivity (Wildman–Crippen MR) is 113 cm³/mol. The van der Waals surface area contributed by atoms with Crippen molar-refractivity contribution >= 4 is 27.2 Å². The summed E-state index contributed by atoms with van der Waals surface area (Å²) < 4.78 is 28.1. The second-order valence-corrected chi connectivity index (χ2v) is 8.82. The van der Waals surface area contributed by atoms with Crippen LogP contribution in [-0.2, 0) is 16.4 Å². The molecule has 0 aliphatic rings. The molecule has 0 aliphatic heterocycles. The molecule has 0 saturated carbocycles. The number of nitrogens with two attached hydrogens (primary N) is 1. The minimum absolute atomic E-state index is 0.0886. The van der Waals surface area contributed by atoms with Crippen molar-refractivity contribution in [2.75, 3.05) is 11.9 Å². The van der Waals surface area contributed by atoms with Gasteiger partial charge in [0.2, 0.25) is 15.8 Å². The third kappa shape index (κ3) is 4.53. The number of rotatable bonds is 7. The Morgan fingerprint density at radius 2 is 1.97 bits per heavy atom. The first kappa shape index (κ1) is 20.1. The second-order valence-electron chi connectivity index (χ2n) is 6.48. The lowest BCUT2D eigenvalue weighted by atomic mass is 10.1. The number of hydrogen-bond donors (Lipinski definition) is 2. The van der Waals surface area contributed by atoms with Gasteiger partial charge in [0.1, 0.15) is 17.2 Å². The number of thiophene rings is 1. The maximum absolute atomic E-state index is 11.4. The monoisotopic (exact) mass is 442 g/mol. The molecule has 0 bridgehead atoms. The van der Waals surface area contributed by atoms with Crippen LogP contribution in [-0.4, -0.2) is 35.1 Å².